The number of rotatable bonds is 7. The van der Waals surface area contributed by atoms with Gasteiger partial charge in [0.25, 0.3) is 0 Å². The van der Waals surface area contributed by atoms with E-state index in [1.807, 2.05) is 59.7 Å². The molecular weight excluding hydrogens is 644 g/mol. The number of phenols is 1. The number of para-hydroxylation sites is 3. The van der Waals surface area contributed by atoms with Gasteiger partial charge in [-0.3, -0.25) is 0 Å². The number of hydrogen-bond acceptors (Lipinski definition) is 8. The first-order chi connectivity index (χ1) is 21.0. The summed E-state index contributed by atoms with van der Waals surface area (Å²) in [6.07, 6.45) is 0.0173. The van der Waals surface area contributed by atoms with Crippen molar-refractivity contribution in [1.29, 1.82) is 0 Å². The Morgan fingerprint density at radius 2 is 0.956 bits per heavy atom. The second-order valence-corrected chi connectivity index (χ2v) is 12.3. The van der Waals surface area contributed by atoms with Crippen molar-refractivity contribution in [2.24, 2.45) is 0 Å². The number of esters is 2. The van der Waals surface area contributed by atoms with Crippen LogP contribution in [0.15, 0.2) is 54.6 Å². The van der Waals surface area contributed by atoms with E-state index in [0.29, 0.717) is 27.5 Å². The maximum atomic E-state index is 11.5. The average Bonchev–Trinajstić information content (AvgIpc) is 2.95. The van der Waals surface area contributed by atoms with Crippen LogP contribution >= 0.6 is 15.9 Å². The minimum absolute atomic E-state index is 0.00986. The number of ether oxygens (including phenoxy) is 4. The fourth-order valence-corrected chi connectivity index (χ4v) is 3.46. The highest BCUT2D eigenvalue weighted by Crippen LogP contribution is 2.26. The maximum absolute atomic E-state index is 11.5. The SMILES string of the molecule is CC(C)Br.COC(=O)c1cccc(C)c1O.COC(=O)c1cccc(C)c1OC(C)C.Cc1cccc(C(=O)O)c1OC(C)C. The van der Waals surface area contributed by atoms with Gasteiger partial charge in [-0.25, -0.2) is 14.4 Å². The first-order valence-electron chi connectivity index (χ1n) is 14.3. The van der Waals surface area contributed by atoms with E-state index in [-0.39, 0.29) is 35.1 Å². The molecule has 248 valence electrons. The lowest BCUT2D eigenvalue weighted by Crippen LogP contribution is -2.12. The van der Waals surface area contributed by atoms with Crippen LogP contribution in [0.1, 0.15) is 89.3 Å². The first kappa shape index (κ1) is 41.0. The molecule has 0 unspecified atom stereocenters. The molecular formula is C35H47BrO9. The number of aryl methyl sites for hydroxylation is 3. The molecule has 0 amide bonds. The Hall–Kier alpha value is -4.05. The second-order valence-electron chi connectivity index (χ2n) is 10.5. The number of methoxy groups -OCH3 is 2. The Morgan fingerprint density at radius 1 is 0.622 bits per heavy atom. The smallest absolute Gasteiger partial charge is 0.341 e. The van der Waals surface area contributed by atoms with Crippen molar-refractivity contribution in [3.63, 3.8) is 0 Å². The Morgan fingerprint density at radius 3 is 1.33 bits per heavy atom. The van der Waals surface area contributed by atoms with E-state index in [4.69, 9.17) is 19.3 Å². The quantitative estimate of drug-likeness (QED) is 0.186. The lowest BCUT2D eigenvalue weighted by molar-refractivity contribution is 0.0586. The molecule has 0 saturated heterocycles. The van der Waals surface area contributed by atoms with Gasteiger partial charge in [0.2, 0.25) is 0 Å². The number of aromatic hydroxyl groups is 1. The van der Waals surface area contributed by atoms with E-state index in [2.05, 4.69) is 34.5 Å². The standard InChI is InChI=1S/C12H16O3.C11H14O3.C9H10O3.C3H7Br/c1-8(2)15-11-9(3)6-5-7-10(11)12(13)14-4;1-7(2)14-10-8(3)5-4-6-9(10)11(12)13;1-6-4-3-5-7(8(6)10)9(11)12-2;1-3(2)4/h5-8H,1-4H3;4-7H,1-3H3,(H,12,13);3-5,10H,1-2H3;3H,1-2H3. The van der Waals surface area contributed by atoms with Crippen molar-refractivity contribution in [3.05, 3.63) is 88.0 Å². The number of aromatic carboxylic acids is 1. The van der Waals surface area contributed by atoms with Crippen molar-refractivity contribution in [2.45, 2.75) is 79.3 Å². The van der Waals surface area contributed by atoms with Gasteiger partial charge in [-0.15, -0.1) is 0 Å². The third-order valence-electron chi connectivity index (χ3n) is 5.41. The van der Waals surface area contributed by atoms with Crippen LogP contribution < -0.4 is 9.47 Å². The zero-order valence-electron chi connectivity index (χ0n) is 28.1. The number of alkyl halides is 1. The largest absolute Gasteiger partial charge is 0.507 e. The van der Waals surface area contributed by atoms with Gasteiger partial charge in [0.15, 0.2) is 0 Å². The van der Waals surface area contributed by atoms with Crippen molar-refractivity contribution < 1.29 is 43.5 Å². The lowest BCUT2D eigenvalue weighted by Gasteiger charge is -2.15. The number of hydrogen-bond donors (Lipinski definition) is 2. The molecule has 0 spiro atoms. The summed E-state index contributed by atoms with van der Waals surface area (Å²) in [5.74, 6) is -0.770. The highest BCUT2D eigenvalue weighted by Gasteiger charge is 2.16. The van der Waals surface area contributed by atoms with Gasteiger partial charge in [0, 0.05) is 4.83 Å². The van der Waals surface area contributed by atoms with E-state index in [1.54, 1.807) is 37.3 Å². The molecule has 0 aromatic heterocycles. The van der Waals surface area contributed by atoms with Crippen LogP contribution in [0.25, 0.3) is 0 Å². The molecule has 2 N–H and O–H groups in total. The number of carboxylic acid groups (broad SMARTS) is 1. The van der Waals surface area contributed by atoms with E-state index >= 15 is 0 Å². The van der Waals surface area contributed by atoms with Gasteiger partial charge < -0.3 is 29.2 Å². The Balaban J connectivity index is 0.000000611. The number of halogens is 1. The molecule has 3 aromatic rings. The molecule has 0 aliphatic carbocycles. The molecule has 0 bridgehead atoms. The first-order valence-corrected chi connectivity index (χ1v) is 15.2. The molecule has 0 aliphatic rings. The number of benzene rings is 3. The van der Waals surface area contributed by atoms with Crippen molar-refractivity contribution in [2.75, 3.05) is 14.2 Å². The van der Waals surface area contributed by atoms with Gasteiger partial charge >= 0.3 is 17.9 Å². The summed E-state index contributed by atoms with van der Waals surface area (Å²) in [5, 5.41) is 18.3. The van der Waals surface area contributed by atoms with Crippen LogP contribution in [0.2, 0.25) is 0 Å². The fourth-order valence-electron chi connectivity index (χ4n) is 3.46. The fraction of sp³-hybridized carbons (Fsp3) is 0.400. The second kappa shape index (κ2) is 20.8. The molecule has 0 aliphatic heterocycles. The topological polar surface area (TPSA) is 129 Å². The van der Waals surface area contributed by atoms with Crippen LogP contribution in [0.5, 0.6) is 17.2 Å². The summed E-state index contributed by atoms with van der Waals surface area (Å²) in [5.41, 5.74) is 3.35. The van der Waals surface area contributed by atoms with Gasteiger partial charge in [0.1, 0.15) is 33.9 Å². The summed E-state index contributed by atoms with van der Waals surface area (Å²) in [6, 6.07) is 15.5. The van der Waals surface area contributed by atoms with E-state index in [0.717, 1.165) is 11.1 Å². The third-order valence-corrected chi connectivity index (χ3v) is 5.41. The maximum Gasteiger partial charge on any atom is 0.341 e. The van der Waals surface area contributed by atoms with E-state index in [1.165, 1.54) is 20.3 Å². The Kier molecular flexibility index (Phi) is 18.9. The van der Waals surface area contributed by atoms with Crippen LogP contribution in [0.4, 0.5) is 0 Å². The summed E-state index contributed by atoms with van der Waals surface area (Å²) in [6.45, 7) is 17.2. The molecule has 0 saturated carbocycles. The van der Waals surface area contributed by atoms with Crippen LogP contribution in [-0.4, -0.2) is 59.4 Å². The zero-order chi connectivity index (χ0) is 34.9. The molecule has 0 radical (unpaired) electrons. The van der Waals surface area contributed by atoms with Crippen molar-refractivity contribution in [1.82, 2.24) is 0 Å². The summed E-state index contributed by atoms with van der Waals surface area (Å²) < 4.78 is 20.2. The molecule has 0 fully saturated rings. The monoisotopic (exact) mass is 690 g/mol. The minimum Gasteiger partial charge on any atom is -0.507 e. The van der Waals surface area contributed by atoms with Crippen LogP contribution in [0, 0.1) is 20.8 Å². The molecule has 10 heteroatoms. The van der Waals surface area contributed by atoms with Gasteiger partial charge in [-0.05, 0) is 83.4 Å². The highest BCUT2D eigenvalue weighted by atomic mass is 79.9. The minimum atomic E-state index is -0.954. The molecule has 3 aromatic carbocycles. The predicted octanol–water partition coefficient (Wildman–Crippen LogP) is 8.33. The van der Waals surface area contributed by atoms with Crippen LogP contribution in [0.3, 0.4) is 0 Å². The number of carbonyl (C=O) groups is 3. The molecule has 45 heavy (non-hydrogen) atoms. The Labute approximate surface area is 275 Å². The number of phenolic OH excluding ortho intramolecular Hbond substituents is 1. The van der Waals surface area contributed by atoms with Crippen LogP contribution in [-0.2, 0) is 9.47 Å². The normalized spacial score (nSPS) is 9.93. The molecule has 0 atom stereocenters. The average molecular weight is 692 g/mol. The Bertz CT molecular complexity index is 1380. The van der Waals surface area contributed by atoms with Crippen molar-refractivity contribution >= 4 is 33.8 Å². The van der Waals surface area contributed by atoms with Gasteiger partial charge in [0.05, 0.1) is 26.4 Å². The zero-order valence-corrected chi connectivity index (χ0v) is 29.6. The number of carboxylic acids is 1. The van der Waals surface area contributed by atoms with E-state index < -0.39 is 11.9 Å². The summed E-state index contributed by atoms with van der Waals surface area (Å²) in [4.78, 5) is 34.0. The predicted molar refractivity (Wildman–Crippen MR) is 180 cm³/mol. The molecule has 3 rings (SSSR count). The highest BCUT2D eigenvalue weighted by molar-refractivity contribution is 9.09. The van der Waals surface area contributed by atoms with E-state index in [9.17, 15) is 19.5 Å². The number of carbonyl (C=O) groups excluding carboxylic acids is 2. The molecule has 9 nitrogen and oxygen atoms in total. The van der Waals surface area contributed by atoms with Gasteiger partial charge in [-0.2, -0.15) is 0 Å². The van der Waals surface area contributed by atoms with Crippen molar-refractivity contribution in [3.8, 4) is 17.2 Å². The van der Waals surface area contributed by atoms with Gasteiger partial charge in [-0.1, -0.05) is 66.2 Å². The summed E-state index contributed by atoms with van der Waals surface area (Å²) in [7, 11) is 2.65. The summed E-state index contributed by atoms with van der Waals surface area (Å²) >= 11 is 3.27. The lowest BCUT2D eigenvalue weighted by atomic mass is 10.1. The molecule has 0 heterocycles. The third kappa shape index (κ3) is 15.0.